The molecule has 6 nitrogen and oxygen atoms in total. The lowest BCUT2D eigenvalue weighted by molar-refractivity contribution is -0.122. The maximum atomic E-state index is 12.3. The van der Waals surface area contributed by atoms with E-state index in [1.54, 1.807) is 0 Å². The van der Waals surface area contributed by atoms with Crippen molar-refractivity contribution >= 4 is 44.7 Å². The number of nitrogens with zero attached hydrogens (tertiary/aromatic N) is 2. The predicted octanol–water partition coefficient (Wildman–Crippen LogP) is 2.50. The van der Waals surface area contributed by atoms with E-state index < -0.39 is 0 Å². The zero-order valence-electron chi connectivity index (χ0n) is 13.9. The van der Waals surface area contributed by atoms with E-state index in [0.717, 1.165) is 15.1 Å². The summed E-state index contributed by atoms with van der Waals surface area (Å²) in [6.07, 6.45) is 0.137. The Hall–Kier alpha value is -2.45. The van der Waals surface area contributed by atoms with Gasteiger partial charge >= 0.3 is 0 Å². The molecule has 3 aromatic rings. The third-order valence-electron chi connectivity index (χ3n) is 3.64. The Labute approximate surface area is 152 Å². The monoisotopic (exact) mass is 374 g/mol. The third-order valence-corrected chi connectivity index (χ3v) is 5.74. The number of hydrogen-bond acceptors (Lipinski definition) is 5. The van der Waals surface area contributed by atoms with Crippen molar-refractivity contribution in [1.29, 1.82) is 0 Å². The Morgan fingerprint density at radius 1 is 1.24 bits per heavy atom. The summed E-state index contributed by atoms with van der Waals surface area (Å²) in [4.78, 5) is 25.3. The van der Waals surface area contributed by atoms with Gasteiger partial charge in [0.15, 0.2) is 0 Å². The molecule has 2 heterocycles. The Morgan fingerprint density at radius 3 is 2.72 bits per heavy atom. The average molecular weight is 374 g/mol. The number of thiophene rings is 1. The van der Waals surface area contributed by atoms with Crippen LogP contribution in [0.3, 0.4) is 0 Å². The molecule has 0 aliphatic heterocycles. The van der Waals surface area contributed by atoms with Crippen molar-refractivity contribution in [3.63, 3.8) is 0 Å². The fraction of sp³-hybridized carbons (Fsp3) is 0.235. The largest absolute Gasteiger partial charge is 0.348 e. The van der Waals surface area contributed by atoms with Gasteiger partial charge in [0.05, 0.1) is 22.7 Å². The van der Waals surface area contributed by atoms with E-state index in [1.807, 2.05) is 53.4 Å². The van der Waals surface area contributed by atoms with Gasteiger partial charge in [0.25, 0.3) is 0 Å². The van der Waals surface area contributed by atoms with Crippen LogP contribution in [0.4, 0.5) is 0 Å². The van der Waals surface area contributed by atoms with Crippen molar-refractivity contribution < 1.29 is 9.59 Å². The van der Waals surface area contributed by atoms with Crippen LogP contribution in [-0.2, 0) is 16.6 Å². The van der Waals surface area contributed by atoms with Gasteiger partial charge in [-0.05, 0) is 23.6 Å². The highest BCUT2D eigenvalue weighted by Crippen LogP contribution is 2.22. The second kappa shape index (κ2) is 7.62. The molecule has 0 spiro atoms. The van der Waals surface area contributed by atoms with Gasteiger partial charge in [0, 0.05) is 18.8 Å². The highest BCUT2D eigenvalue weighted by atomic mass is 32.1. The van der Waals surface area contributed by atoms with Crippen LogP contribution in [0.5, 0.6) is 0 Å². The summed E-state index contributed by atoms with van der Waals surface area (Å²) >= 11 is 3.01. The Balaban J connectivity index is 1.74. The lowest BCUT2D eigenvalue weighted by Crippen LogP contribution is -2.31. The maximum Gasteiger partial charge on any atom is 0.242 e. The lowest BCUT2D eigenvalue weighted by Gasteiger charge is -2.15. The van der Waals surface area contributed by atoms with Crippen LogP contribution in [-0.4, -0.2) is 16.4 Å². The number of amides is 2. The molecule has 3 rings (SSSR count). The zero-order valence-corrected chi connectivity index (χ0v) is 15.5. The topological polar surface area (TPSA) is 75.5 Å². The highest BCUT2D eigenvalue weighted by Gasteiger charge is 2.17. The highest BCUT2D eigenvalue weighted by molar-refractivity contribution is 7.16. The zero-order chi connectivity index (χ0) is 17.8. The standard InChI is InChI=1S/C17H18N4O2S2/c1-11(22)18-12(14-8-5-9-24-14)10-16(23)19-20-17-21(2)13-6-3-4-7-15(13)25-17/h3-9,12H,10H2,1-2H3,(H,18,22)(H,19,23)/b20-17-. The number of rotatable bonds is 5. The van der Waals surface area contributed by atoms with Crippen molar-refractivity contribution in [1.82, 2.24) is 15.3 Å². The lowest BCUT2D eigenvalue weighted by atomic mass is 10.1. The smallest absolute Gasteiger partial charge is 0.242 e. The van der Waals surface area contributed by atoms with Gasteiger partial charge in [-0.3, -0.25) is 9.59 Å². The normalized spacial score (nSPS) is 13.0. The molecule has 130 valence electrons. The van der Waals surface area contributed by atoms with Gasteiger partial charge in [-0.25, -0.2) is 5.43 Å². The summed E-state index contributed by atoms with van der Waals surface area (Å²) in [5.41, 5.74) is 3.66. The molecule has 2 aromatic heterocycles. The first-order chi connectivity index (χ1) is 12.0. The Morgan fingerprint density at radius 2 is 2.04 bits per heavy atom. The molecule has 1 atom stereocenters. The van der Waals surface area contributed by atoms with Crippen LogP contribution < -0.4 is 15.5 Å². The first-order valence-corrected chi connectivity index (χ1v) is 9.42. The van der Waals surface area contributed by atoms with Crippen LogP contribution >= 0.6 is 22.7 Å². The van der Waals surface area contributed by atoms with Gasteiger partial charge in [-0.15, -0.1) is 16.4 Å². The van der Waals surface area contributed by atoms with Crippen molar-refractivity contribution in [3.8, 4) is 0 Å². The van der Waals surface area contributed by atoms with E-state index in [9.17, 15) is 9.59 Å². The average Bonchev–Trinajstić information content (AvgIpc) is 3.21. The molecular weight excluding hydrogens is 356 g/mol. The molecule has 0 aliphatic rings. The molecule has 0 saturated heterocycles. The number of nitrogens with one attached hydrogen (secondary N) is 2. The number of carbonyl (C=O) groups is 2. The molecule has 0 aliphatic carbocycles. The summed E-state index contributed by atoms with van der Waals surface area (Å²) < 4.78 is 3.04. The Bertz CT molecular complexity index is 957. The molecule has 25 heavy (non-hydrogen) atoms. The second-order valence-electron chi connectivity index (χ2n) is 5.53. The van der Waals surface area contributed by atoms with E-state index in [1.165, 1.54) is 29.6 Å². The summed E-state index contributed by atoms with van der Waals surface area (Å²) in [7, 11) is 1.91. The minimum absolute atomic E-state index is 0.137. The van der Waals surface area contributed by atoms with Crippen LogP contribution in [0.2, 0.25) is 0 Å². The fourth-order valence-electron chi connectivity index (χ4n) is 2.49. The first kappa shape index (κ1) is 17.4. The van der Waals surface area contributed by atoms with E-state index in [-0.39, 0.29) is 24.3 Å². The molecule has 1 unspecified atom stereocenters. The van der Waals surface area contributed by atoms with Gasteiger partial charge in [-0.1, -0.05) is 29.5 Å². The Kier molecular flexibility index (Phi) is 5.30. The molecule has 0 radical (unpaired) electrons. The SMILES string of the molecule is CC(=O)NC(CC(=O)N/N=c1\sc2ccccc2n1C)c1cccs1. The number of hydrogen-bond donors (Lipinski definition) is 2. The third kappa shape index (κ3) is 4.15. The molecule has 2 N–H and O–H groups in total. The quantitative estimate of drug-likeness (QED) is 0.673. The molecular formula is C17H18N4O2S2. The number of carbonyl (C=O) groups excluding carboxylic acids is 2. The summed E-state index contributed by atoms with van der Waals surface area (Å²) in [6, 6.07) is 11.4. The van der Waals surface area contributed by atoms with E-state index >= 15 is 0 Å². The molecule has 8 heteroatoms. The minimum atomic E-state index is -0.344. The first-order valence-electron chi connectivity index (χ1n) is 7.72. The minimum Gasteiger partial charge on any atom is -0.348 e. The number of aryl methyl sites for hydroxylation is 1. The second-order valence-corrected chi connectivity index (χ2v) is 7.52. The summed E-state index contributed by atoms with van der Waals surface area (Å²) in [6.45, 7) is 1.44. The van der Waals surface area contributed by atoms with E-state index in [2.05, 4.69) is 15.8 Å². The number of benzene rings is 1. The molecule has 2 amide bonds. The maximum absolute atomic E-state index is 12.3. The number of para-hydroxylation sites is 1. The fourth-order valence-corrected chi connectivity index (χ4v) is 4.24. The number of thiazole rings is 1. The van der Waals surface area contributed by atoms with Crippen molar-refractivity contribution in [2.45, 2.75) is 19.4 Å². The summed E-state index contributed by atoms with van der Waals surface area (Å²) in [5, 5.41) is 8.96. The molecule has 0 fully saturated rings. The van der Waals surface area contributed by atoms with Gasteiger partial charge < -0.3 is 9.88 Å². The van der Waals surface area contributed by atoms with Crippen molar-refractivity contribution in [2.75, 3.05) is 0 Å². The van der Waals surface area contributed by atoms with E-state index in [4.69, 9.17) is 0 Å². The summed E-state index contributed by atoms with van der Waals surface area (Å²) in [5.74, 6) is -0.413. The van der Waals surface area contributed by atoms with E-state index in [0.29, 0.717) is 4.80 Å². The van der Waals surface area contributed by atoms with Crippen LogP contribution in [0.15, 0.2) is 46.9 Å². The van der Waals surface area contributed by atoms with Crippen LogP contribution in [0, 0.1) is 0 Å². The van der Waals surface area contributed by atoms with Crippen molar-refractivity contribution in [2.24, 2.45) is 12.1 Å². The predicted molar refractivity (Wildman–Crippen MR) is 100.0 cm³/mol. The van der Waals surface area contributed by atoms with Gasteiger partial charge in [0.2, 0.25) is 16.6 Å². The van der Waals surface area contributed by atoms with Crippen LogP contribution in [0.25, 0.3) is 10.2 Å². The molecule has 1 aromatic carbocycles. The van der Waals surface area contributed by atoms with Gasteiger partial charge in [0.1, 0.15) is 0 Å². The molecule has 0 bridgehead atoms. The van der Waals surface area contributed by atoms with Crippen molar-refractivity contribution in [3.05, 3.63) is 51.5 Å². The number of aromatic nitrogens is 1. The molecule has 0 saturated carbocycles. The van der Waals surface area contributed by atoms with Gasteiger partial charge in [-0.2, -0.15) is 0 Å². The number of fused-ring (bicyclic) bond motifs is 1. The van der Waals surface area contributed by atoms with Crippen LogP contribution in [0.1, 0.15) is 24.3 Å².